The van der Waals surface area contributed by atoms with Gasteiger partial charge in [-0.05, 0) is 36.9 Å². The van der Waals surface area contributed by atoms with Crippen LogP contribution in [0.4, 0.5) is 0 Å². The van der Waals surface area contributed by atoms with E-state index >= 15 is 0 Å². The Bertz CT molecular complexity index is 513. The molecular weight excluding hydrogens is 250 g/mol. The van der Waals surface area contributed by atoms with Gasteiger partial charge < -0.3 is 10.5 Å². The summed E-state index contributed by atoms with van der Waals surface area (Å²) in [5.74, 6) is 0.850. The Morgan fingerprint density at radius 1 is 1.20 bits per heavy atom. The van der Waals surface area contributed by atoms with Crippen LogP contribution in [0.15, 0.2) is 48.7 Å². The van der Waals surface area contributed by atoms with Crippen LogP contribution in [0.25, 0.3) is 0 Å². The van der Waals surface area contributed by atoms with Crippen molar-refractivity contribution in [2.24, 2.45) is 5.73 Å². The Morgan fingerprint density at radius 3 is 2.55 bits per heavy atom. The van der Waals surface area contributed by atoms with Crippen LogP contribution in [0.1, 0.15) is 17.3 Å². The largest absolute Gasteiger partial charge is 0.497 e. The summed E-state index contributed by atoms with van der Waals surface area (Å²) < 4.78 is 5.15. The van der Waals surface area contributed by atoms with Crippen LogP contribution < -0.4 is 10.5 Å². The summed E-state index contributed by atoms with van der Waals surface area (Å²) in [6, 6.07) is 13.8. The SMILES string of the molecule is COc1ccc(C(N)CN(C)Cc2ccccn2)cc1. The zero-order valence-electron chi connectivity index (χ0n) is 12.0. The van der Waals surface area contributed by atoms with Crippen LogP contribution in [-0.4, -0.2) is 30.6 Å². The highest BCUT2D eigenvalue weighted by atomic mass is 16.5. The van der Waals surface area contributed by atoms with Crippen molar-refractivity contribution in [3.8, 4) is 5.75 Å². The molecule has 4 heteroatoms. The average Bonchev–Trinajstić information content (AvgIpc) is 2.48. The van der Waals surface area contributed by atoms with E-state index < -0.39 is 0 Å². The molecule has 0 bridgehead atoms. The van der Waals surface area contributed by atoms with Gasteiger partial charge in [-0.2, -0.15) is 0 Å². The van der Waals surface area contributed by atoms with E-state index in [1.807, 2.05) is 48.7 Å². The van der Waals surface area contributed by atoms with Gasteiger partial charge in [-0.1, -0.05) is 18.2 Å². The lowest BCUT2D eigenvalue weighted by atomic mass is 10.1. The Morgan fingerprint density at radius 2 is 1.95 bits per heavy atom. The smallest absolute Gasteiger partial charge is 0.118 e. The van der Waals surface area contributed by atoms with Gasteiger partial charge in [0.25, 0.3) is 0 Å². The third-order valence-electron chi connectivity index (χ3n) is 3.21. The standard InChI is InChI=1S/C16H21N3O/c1-19(11-14-5-3-4-10-18-14)12-16(17)13-6-8-15(20-2)9-7-13/h3-10,16H,11-12,17H2,1-2H3. The summed E-state index contributed by atoms with van der Waals surface area (Å²) in [6.07, 6.45) is 1.81. The molecule has 0 fully saturated rings. The second kappa shape index (κ2) is 7.03. The Labute approximate surface area is 120 Å². The zero-order valence-corrected chi connectivity index (χ0v) is 12.0. The topological polar surface area (TPSA) is 51.4 Å². The van der Waals surface area contributed by atoms with Crippen molar-refractivity contribution in [3.05, 3.63) is 59.9 Å². The number of nitrogens with two attached hydrogens (primary N) is 1. The van der Waals surface area contributed by atoms with E-state index in [9.17, 15) is 0 Å². The fourth-order valence-corrected chi connectivity index (χ4v) is 2.13. The lowest BCUT2D eigenvalue weighted by molar-refractivity contribution is 0.302. The van der Waals surface area contributed by atoms with E-state index in [2.05, 4.69) is 16.9 Å². The quantitative estimate of drug-likeness (QED) is 0.875. The molecular formula is C16H21N3O. The predicted octanol–water partition coefficient (Wildman–Crippen LogP) is 2.22. The molecule has 1 unspecified atom stereocenters. The highest BCUT2D eigenvalue weighted by Gasteiger charge is 2.10. The molecule has 0 saturated carbocycles. The van der Waals surface area contributed by atoms with Gasteiger partial charge in [-0.25, -0.2) is 0 Å². The van der Waals surface area contributed by atoms with Crippen LogP contribution in [0.3, 0.4) is 0 Å². The third-order valence-corrected chi connectivity index (χ3v) is 3.21. The molecule has 0 aliphatic carbocycles. The monoisotopic (exact) mass is 271 g/mol. The number of pyridine rings is 1. The molecule has 0 spiro atoms. The minimum Gasteiger partial charge on any atom is -0.497 e. The lowest BCUT2D eigenvalue weighted by Crippen LogP contribution is -2.29. The van der Waals surface area contributed by atoms with Crippen LogP contribution >= 0.6 is 0 Å². The van der Waals surface area contributed by atoms with Crippen molar-refractivity contribution in [2.45, 2.75) is 12.6 Å². The Kier molecular flexibility index (Phi) is 5.09. The minimum absolute atomic E-state index is 0.0189. The van der Waals surface area contributed by atoms with Gasteiger partial charge in [0, 0.05) is 25.3 Å². The fourth-order valence-electron chi connectivity index (χ4n) is 2.13. The predicted molar refractivity (Wildman–Crippen MR) is 80.5 cm³/mol. The Hall–Kier alpha value is -1.91. The maximum atomic E-state index is 6.24. The zero-order chi connectivity index (χ0) is 14.4. The number of methoxy groups -OCH3 is 1. The number of hydrogen-bond donors (Lipinski definition) is 1. The first-order chi connectivity index (χ1) is 9.69. The van der Waals surface area contributed by atoms with Crippen molar-refractivity contribution in [1.29, 1.82) is 0 Å². The van der Waals surface area contributed by atoms with E-state index in [0.29, 0.717) is 0 Å². The van der Waals surface area contributed by atoms with Crippen molar-refractivity contribution in [1.82, 2.24) is 9.88 Å². The summed E-state index contributed by atoms with van der Waals surface area (Å²) in [6.45, 7) is 1.58. The van der Waals surface area contributed by atoms with Crippen molar-refractivity contribution >= 4 is 0 Å². The van der Waals surface area contributed by atoms with Crippen molar-refractivity contribution < 1.29 is 4.74 Å². The van der Waals surface area contributed by atoms with Gasteiger partial charge in [-0.3, -0.25) is 9.88 Å². The maximum Gasteiger partial charge on any atom is 0.118 e. The molecule has 0 aliphatic heterocycles. The van der Waals surface area contributed by atoms with Gasteiger partial charge in [-0.15, -0.1) is 0 Å². The highest BCUT2D eigenvalue weighted by Crippen LogP contribution is 2.17. The molecule has 2 N–H and O–H groups in total. The lowest BCUT2D eigenvalue weighted by Gasteiger charge is -2.21. The number of likely N-dealkylation sites (N-methyl/N-ethyl adjacent to an activating group) is 1. The van der Waals surface area contributed by atoms with Gasteiger partial charge >= 0.3 is 0 Å². The molecule has 2 aromatic rings. The van der Waals surface area contributed by atoms with Gasteiger partial charge in [0.1, 0.15) is 5.75 Å². The summed E-state index contributed by atoms with van der Waals surface area (Å²) in [4.78, 5) is 6.50. The molecule has 0 radical (unpaired) electrons. The third kappa shape index (κ3) is 4.05. The number of benzene rings is 1. The first-order valence-corrected chi connectivity index (χ1v) is 6.67. The first-order valence-electron chi connectivity index (χ1n) is 6.67. The molecule has 1 aromatic heterocycles. The molecule has 20 heavy (non-hydrogen) atoms. The fraction of sp³-hybridized carbons (Fsp3) is 0.312. The maximum absolute atomic E-state index is 6.24. The van der Waals surface area contributed by atoms with Gasteiger partial charge in [0.05, 0.1) is 12.8 Å². The summed E-state index contributed by atoms with van der Waals surface area (Å²) in [5, 5.41) is 0. The molecule has 1 atom stereocenters. The molecule has 0 saturated heterocycles. The van der Waals surface area contributed by atoms with E-state index in [0.717, 1.165) is 30.1 Å². The Balaban J connectivity index is 1.91. The molecule has 106 valence electrons. The molecule has 1 heterocycles. The van der Waals surface area contributed by atoms with Crippen LogP contribution in [0, 0.1) is 0 Å². The van der Waals surface area contributed by atoms with Crippen LogP contribution in [0.2, 0.25) is 0 Å². The van der Waals surface area contributed by atoms with Gasteiger partial charge in [0.15, 0.2) is 0 Å². The van der Waals surface area contributed by atoms with Crippen LogP contribution in [-0.2, 0) is 6.54 Å². The first kappa shape index (κ1) is 14.5. The van der Waals surface area contributed by atoms with E-state index in [1.54, 1.807) is 7.11 Å². The molecule has 0 aliphatic rings. The summed E-state index contributed by atoms with van der Waals surface area (Å²) in [7, 11) is 3.72. The van der Waals surface area contributed by atoms with E-state index in [4.69, 9.17) is 10.5 Å². The van der Waals surface area contributed by atoms with E-state index in [-0.39, 0.29) is 6.04 Å². The number of nitrogens with zero attached hydrogens (tertiary/aromatic N) is 2. The summed E-state index contributed by atoms with van der Waals surface area (Å²) >= 11 is 0. The molecule has 1 aromatic carbocycles. The minimum atomic E-state index is -0.0189. The van der Waals surface area contributed by atoms with Crippen LogP contribution in [0.5, 0.6) is 5.75 Å². The second-order valence-corrected chi connectivity index (χ2v) is 4.90. The number of aromatic nitrogens is 1. The van der Waals surface area contributed by atoms with E-state index in [1.165, 1.54) is 0 Å². The van der Waals surface area contributed by atoms with Gasteiger partial charge in [0.2, 0.25) is 0 Å². The molecule has 4 nitrogen and oxygen atoms in total. The van der Waals surface area contributed by atoms with Crippen molar-refractivity contribution in [3.63, 3.8) is 0 Å². The molecule has 2 rings (SSSR count). The normalized spacial score (nSPS) is 12.4. The van der Waals surface area contributed by atoms with Crippen molar-refractivity contribution in [2.75, 3.05) is 20.7 Å². The summed E-state index contributed by atoms with van der Waals surface area (Å²) in [5.41, 5.74) is 8.40. The number of rotatable bonds is 6. The number of ether oxygens (including phenoxy) is 1. The highest BCUT2D eigenvalue weighted by molar-refractivity contribution is 5.29. The average molecular weight is 271 g/mol. The second-order valence-electron chi connectivity index (χ2n) is 4.90. The number of hydrogen-bond acceptors (Lipinski definition) is 4. The molecule has 0 amide bonds.